The Morgan fingerprint density at radius 2 is 2.19 bits per heavy atom. The molecule has 7 heteroatoms. The molecule has 0 radical (unpaired) electrons. The van der Waals surface area contributed by atoms with E-state index in [1.54, 1.807) is 30.5 Å². The number of urea groups is 1. The Balaban J connectivity index is 2.17. The number of carbonyl (C=O) groups is 2. The van der Waals surface area contributed by atoms with E-state index < -0.39 is 5.97 Å². The average molecular weight is 284 g/mol. The van der Waals surface area contributed by atoms with Gasteiger partial charge in [-0.2, -0.15) is 0 Å². The zero-order chi connectivity index (χ0) is 14.8. The minimum absolute atomic E-state index is 0.293. The summed E-state index contributed by atoms with van der Waals surface area (Å²) in [5.41, 5.74) is 1.49. The number of para-hydroxylation sites is 1. The lowest BCUT2D eigenvalue weighted by atomic mass is 10.1. The van der Waals surface area contributed by atoms with Crippen LogP contribution in [-0.2, 0) is 11.3 Å². The molecule has 0 saturated heterocycles. The van der Waals surface area contributed by atoms with Crippen LogP contribution in [0.5, 0.6) is 0 Å². The predicted octanol–water partition coefficient (Wildman–Crippen LogP) is 1.62. The summed E-state index contributed by atoms with van der Waals surface area (Å²) >= 11 is 0. The molecule has 21 heavy (non-hydrogen) atoms. The molecule has 1 N–H and O–H groups in total. The van der Waals surface area contributed by atoms with Gasteiger partial charge in [0, 0.05) is 18.3 Å². The van der Waals surface area contributed by atoms with Gasteiger partial charge in [-0.1, -0.05) is 12.1 Å². The molecule has 0 saturated carbocycles. The Kier molecular flexibility index (Phi) is 3.23. The third kappa shape index (κ3) is 2.18. The summed E-state index contributed by atoms with van der Waals surface area (Å²) in [6.07, 6.45) is 3.00. The van der Waals surface area contributed by atoms with Crippen LogP contribution in [0, 0.1) is 0 Å². The summed E-state index contributed by atoms with van der Waals surface area (Å²) < 4.78 is 4.76. The van der Waals surface area contributed by atoms with E-state index >= 15 is 0 Å². The number of benzene rings is 1. The van der Waals surface area contributed by atoms with Crippen LogP contribution in [0.4, 0.5) is 16.3 Å². The first-order chi connectivity index (χ1) is 10.2. The summed E-state index contributed by atoms with van der Waals surface area (Å²) in [5.74, 6) is -0.0512. The maximum atomic E-state index is 12.2. The lowest BCUT2D eigenvalue weighted by molar-refractivity contribution is 0.0601. The van der Waals surface area contributed by atoms with Crippen LogP contribution in [0.3, 0.4) is 0 Å². The summed E-state index contributed by atoms with van der Waals surface area (Å²) in [6.45, 7) is 0.353. The molecule has 7 nitrogen and oxygen atoms in total. The van der Waals surface area contributed by atoms with Gasteiger partial charge in [0.2, 0.25) is 0 Å². The number of hydrogen-bond donors (Lipinski definition) is 1. The maximum absolute atomic E-state index is 12.2. The number of amides is 2. The largest absolute Gasteiger partial charge is 0.465 e. The number of rotatable bonds is 2. The standard InChI is InChI=1S/C14H12N4O3/c1-21-13(19)10-4-2-3-5-11(10)18-12-9(6-15-8-17-12)7-16-14(18)20/h2-6,8H,7H2,1H3,(H,16,20). The molecular weight excluding hydrogens is 272 g/mol. The van der Waals surface area contributed by atoms with Crippen LogP contribution in [0.15, 0.2) is 36.8 Å². The average Bonchev–Trinajstić information content (AvgIpc) is 2.54. The highest BCUT2D eigenvalue weighted by Gasteiger charge is 2.29. The van der Waals surface area contributed by atoms with Crippen molar-refractivity contribution in [3.63, 3.8) is 0 Å². The van der Waals surface area contributed by atoms with Crippen molar-refractivity contribution >= 4 is 23.5 Å². The van der Waals surface area contributed by atoms with Crippen LogP contribution in [0.1, 0.15) is 15.9 Å². The molecule has 3 rings (SSSR count). The van der Waals surface area contributed by atoms with Gasteiger partial charge < -0.3 is 10.1 Å². The molecular formula is C14H12N4O3. The van der Waals surface area contributed by atoms with Gasteiger partial charge in [0.05, 0.1) is 18.4 Å². The second kappa shape index (κ2) is 5.20. The van der Waals surface area contributed by atoms with Crippen molar-refractivity contribution in [2.24, 2.45) is 0 Å². The van der Waals surface area contributed by atoms with E-state index in [0.717, 1.165) is 5.56 Å². The van der Waals surface area contributed by atoms with Gasteiger partial charge in [0.15, 0.2) is 0 Å². The molecule has 0 aliphatic carbocycles. The molecule has 2 aromatic rings. The maximum Gasteiger partial charge on any atom is 0.339 e. The number of hydrogen-bond acceptors (Lipinski definition) is 5. The first-order valence-corrected chi connectivity index (χ1v) is 6.26. The molecule has 0 spiro atoms. The molecule has 0 unspecified atom stereocenters. The molecule has 1 aromatic heterocycles. The Morgan fingerprint density at radius 1 is 1.38 bits per heavy atom. The van der Waals surface area contributed by atoms with Crippen LogP contribution >= 0.6 is 0 Å². The smallest absolute Gasteiger partial charge is 0.339 e. The Hall–Kier alpha value is -2.96. The SMILES string of the molecule is COC(=O)c1ccccc1N1C(=O)NCc2cncnc21. The lowest BCUT2D eigenvalue weighted by Gasteiger charge is -2.29. The minimum atomic E-state index is -0.514. The van der Waals surface area contributed by atoms with Gasteiger partial charge in [0.25, 0.3) is 0 Å². The second-order valence-electron chi connectivity index (χ2n) is 4.37. The van der Waals surface area contributed by atoms with Crippen molar-refractivity contribution in [2.45, 2.75) is 6.54 Å². The van der Waals surface area contributed by atoms with E-state index in [-0.39, 0.29) is 6.03 Å². The van der Waals surface area contributed by atoms with Crippen molar-refractivity contribution in [3.05, 3.63) is 47.9 Å². The molecule has 0 fully saturated rings. The van der Waals surface area contributed by atoms with E-state index in [2.05, 4.69) is 15.3 Å². The number of aromatic nitrogens is 2. The Bertz CT molecular complexity index is 717. The van der Waals surface area contributed by atoms with E-state index in [1.165, 1.54) is 18.3 Å². The molecule has 2 amide bonds. The predicted molar refractivity (Wildman–Crippen MR) is 74.2 cm³/mol. The normalized spacial score (nSPS) is 13.4. The molecule has 0 bridgehead atoms. The van der Waals surface area contributed by atoms with Crippen molar-refractivity contribution < 1.29 is 14.3 Å². The first-order valence-electron chi connectivity index (χ1n) is 6.26. The van der Waals surface area contributed by atoms with Gasteiger partial charge in [-0.3, -0.25) is 0 Å². The van der Waals surface area contributed by atoms with Gasteiger partial charge in [-0.15, -0.1) is 0 Å². The third-order valence-corrected chi connectivity index (χ3v) is 3.16. The number of esters is 1. The van der Waals surface area contributed by atoms with E-state index in [9.17, 15) is 9.59 Å². The number of carbonyl (C=O) groups excluding carboxylic acids is 2. The molecule has 106 valence electrons. The highest BCUT2D eigenvalue weighted by Crippen LogP contribution is 2.31. The molecule has 1 aliphatic heterocycles. The van der Waals surface area contributed by atoms with Crippen molar-refractivity contribution in [3.8, 4) is 0 Å². The quantitative estimate of drug-likeness (QED) is 0.847. The lowest BCUT2D eigenvalue weighted by Crippen LogP contribution is -2.42. The van der Waals surface area contributed by atoms with E-state index in [1.807, 2.05) is 0 Å². The van der Waals surface area contributed by atoms with Gasteiger partial charge >= 0.3 is 12.0 Å². The number of nitrogens with zero attached hydrogens (tertiary/aromatic N) is 3. The Morgan fingerprint density at radius 3 is 3.00 bits per heavy atom. The van der Waals surface area contributed by atoms with Crippen LogP contribution < -0.4 is 10.2 Å². The molecule has 1 aromatic carbocycles. The van der Waals surface area contributed by atoms with Crippen LogP contribution in [0.2, 0.25) is 0 Å². The molecule has 0 atom stereocenters. The van der Waals surface area contributed by atoms with Crippen molar-refractivity contribution in [1.82, 2.24) is 15.3 Å². The third-order valence-electron chi connectivity index (χ3n) is 3.16. The highest BCUT2D eigenvalue weighted by atomic mass is 16.5. The number of anilines is 2. The fourth-order valence-corrected chi connectivity index (χ4v) is 2.20. The highest BCUT2D eigenvalue weighted by molar-refractivity contribution is 6.06. The topological polar surface area (TPSA) is 84.4 Å². The van der Waals surface area contributed by atoms with Crippen LogP contribution in [-0.4, -0.2) is 29.1 Å². The van der Waals surface area contributed by atoms with Crippen molar-refractivity contribution in [2.75, 3.05) is 12.0 Å². The van der Waals surface area contributed by atoms with Gasteiger partial charge in [-0.25, -0.2) is 24.5 Å². The Labute approximate surface area is 120 Å². The summed E-state index contributed by atoms with van der Waals surface area (Å²) in [4.78, 5) is 33.6. The zero-order valence-corrected chi connectivity index (χ0v) is 11.2. The van der Waals surface area contributed by atoms with Crippen molar-refractivity contribution in [1.29, 1.82) is 0 Å². The summed E-state index contributed by atoms with van der Waals surface area (Å²) in [6, 6.07) is 6.37. The monoisotopic (exact) mass is 284 g/mol. The molecule has 2 heterocycles. The van der Waals surface area contributed by atoms with E-state index in [0.29, 0.717) is 23.6 Å². The zero-order valence-electron chi connectivity index (χ0n) is 11.2. The summed E-state index contributed by atoms with van der Waals surface area (Å²) in [7, 11) is 1.30. The van der Waals surface area contributed by atoms with Crippen LogP contribution in [0.25, 0.3) is 0 Å². The summed E-state index contributed by atoms with van der Waals surface area (Å²) in [5, 5.41) is 2.73. The number of nitrogens with one attached hydrogen (secondary N) is 1. The number of methoxy groups -OCH3 is 1. The fraction of sp³-hybridized carbons (Fsp3) is 0.143. The first kappa shape index (κ1) is 13.0. The second-order valence-corrected chi connectivity index (χ2v) is 4.37. The minimum Gasteiger partial charge on any atom is -0.465 e. The van der Waals surface area contributed by atoms with Gasteiger partial charge in [0.1, 0.15) is 12.1 Å². The van der Waals surface area contributed by atoms with E-state index in [4.69, 9.17) is 4.74 Å². The fourth-order valence-electron chi connectivity index (χ4n) is 2.20. The van der Waals surface area contributed by atoms with Gasteiger partial charge in [-0.05, 0) is 12.1 Å². The number of fused-ring (bicyclic) bond motifs is 1. The molecule has 1 aliphatic rings. The number of ether oxygens (including phenoxy) is 1.